The van der Waals surface area contributed by atoms with E-state index in [2.05, 4.69) is 44.7 Å². The monoisotopic (exact) mass is 366 g/mol. The molecule has 21 heavy (non-hydrogen) atoms. The van der Waals surface area contributed by atoms with E-state index in [0.717, 1.165) is 25.3 Å². The van der Waals surface area contributed by atoms with Crippen molar-refractivity contribution < 1.29 is 17.9 Å². The maximum Gasteiger partial charge on any atom is 0.573 e. The Hall–Kier alpha value is -0.950. The molecule has 1 aliphatic heterocycles. The number of hydrogen-bond donors (Lipinski definition) is 1. The molecular formula is C14H18BrF3N2O. The minimum Gasteiger partial charge on any atom is -0.405 e. The van der Waals surface area contributed by atoms with E-state index in [9.17, 15) is 13.2 Å². The van der Waals surface area contributed by atoms with Crippen LogP contribution in [0.3, 0.4) is 0 Å². The Labute approximate surface area is 130 Å². The Morgan fingerprint density at radius 3 is 2.67 bits per heavy atom. The van der Waals surface area contributed by atoms with Gasteiger partial charge in [0.15, 0.2) is 0 Å². The van der Waals surface area contributed by atoms with Gasteiger partial charge in [0.05, 0.1) is 4.47 Å². The van der Waals surface area contributed by atoms with Crippen molar-refractivity contribution in [3.63, 3.8) is 0 Å². The minimum absolute atomic E-state index is 0.220. The van der Waals surface area contributed by atoms with Crippen molar-refractivity contribution in [1.29, 1.82) is 0 Å². The molecule has 1 N–H and O–H groups in total. The van der Waals surface area contributed by atoms with Gasteiger partial charge in [-0.05, 0) is 40.0 Å². The summed E-state index contributed by atoms with van der Waals surface area (Å²) in [5.74, 6) is 0.227. The van der Waals surface area contributed by atoms with E-state index in [0.29, 0.717) is 16.4 Å². The summed E-state index contributed by atoms with van der Waals surface area (Å²) in [6.07, 6.45) is -4.68. The molecule has 1 aliphatic rings. The molecule has 0 saturated carbocycles. The number of halogens is 4. The zero-order chi connectivity index (χ0) is 15.6. The maximum atomic E-state index is 12.3. The molecule has 0 amide bonds. The highest BCUT2D eigenvalue weighted by Gasteiger charge is 2.32. The first-order valence-electron chi connectivity index (χ1n) is 6.80. The fourth-order valence-electron chi connectivity index (χ4n) is 2.52. The van der Waals surface area contributed by atoms with Gasteiger partial charge in [-0.15, -0.1) is 13.2 Å². The zero-order valence-electron chi connectivity index (χ0n) is 11.9. The first kappa shape index (κ1) is 16.4. The summed E-state index contributed by atoms with van der Waals surface area (Å²) in [6.45, 7) is 6.84. The van der Waals surface area contributed by atoms with Crippen LogP contribution < -0.4 is 15.0 Å². The van der Waals surface area contributed by atoms with Gasteiger partial charge in [-0.25, -0.2) is 0 Å². The maximum absolute atomic E-state index is 12.3. The molecule has 7 heteroatoms. The van der Waals surface area contributed by atoms with Crippen LogP contribution in [-0.2, 0) is 0 Å². The fraction of sp³-hybridized carbons (Fsp3) is 0.571. The van der Waals surface area contributed by atoms with Gasteiger partial charge in [0, 0.05) is 31.4 Å². The van der Waals surface area contributed by atoms with E-state index in [4.69, 9.17) is 0 Å². The second-order valence-corrected chi connectivity index (χ2v) is 6.23. The summed E-state index contributed by atoms with van der Waals surface area (Å²) < 4.78 is 41.1. The molecule has 1 fully saturated rings. The predicted octanol–water partition coefficient (Wildman–Crippen LogP) is 3.78. The van der Waals surface area contributed by atoms with E-state index in [1.165, 1.54) is 6.07 Å². The van der Waals surface area contributed by atoms with Crippen LogP contribution in [0.2, 0.25) is 0 Å². The third-order valence-corrected chi connectivity index (χ3v) is 4.15. The molecule has 1 atom stereocenters. The second kappa shape index (κ2) is 6.44. The van der Waals surface area contributed by atoms with Gasteiger partial charge in [0.25, 0.3) is 0 Å². The largest absolute Gasteiger partial charge is 0.573 e. The highest BCUT2D eigenvalue weighted by molar-refractivity contribution is 9.10. The van der Waals surface area contributed by atoms with Gasteiger partial charge < -0.3 is 15.0 Å². The summed E-state index contributed by atoms with van der Waals surface area (Å²) in [6, 6.07) is 5.03. The third-order valence-electron chi connectivity index (χ3n) is 3.53. The Balaban J connectivity index is 2.22. The Morgan fingerprint density at radius 1 is 1.38 bits per heavy atom. The molecule has 0 spiro atoms. The van der Waals surface area contributed by atoms with Crippen molar-refractivity contribution in [3.8, 4) is 5.75 Å². The van der Waals surface area contributed by atoms with E-state index >= 15 is 0 Å². The molecule has 1 aromatic carbocycles. The van der Waals surface area contributed by atoms with Crippen LogP contribution in [0.4, 0.5) is 18.9 Å². The number of benzene rings is 1. The lowest BCUT2D eigenvalue weighted by molar-refractivity contribution is -0.274. The first-order chi connectivity index (χ1) is 9.78. The number of anilines is 1. The van der Waals surface area contributed by atoms with Crippen LogP contribution in [0.25, 0.3) is 0 Å². The number of piperazine rings is 1. The quantitative estimate of drug-likeness (QED) is 0.880. The number of nitrogens with one attached hydrogen (secondary N) is 1. The van der Waals surface area contributed by atoms with Crippen LogP contribution in [0, 0.1) is 5.92 Å². The summed E-state index contributed by atoms with van der Waals surface area (Å²) >= 11 is 3.16. The highest BCUT2D eigenvalue weighted by Crippen LogP contribution is 2.34. The summed E-state index contributed by atoms with van der Waals surface area (Å²) in [5.41, 5.74) is 0.900. The van der Waals surface area contributed by atoms with Crippen LogP contribution in [0.5, 0.6) is 5.75 Å². The van der Waals surface area contributed by atoms with Gasteiger partial charge in [-0.2, -0.15) is 0 Å². The third kappa shape index (κ3) is 4.26. The van der Waals surface area contributed by atoms with Crippen LogP contribution >= 0.6 is 15.9 Å². The molecule has 1 unspecified atom stereocenters. The molecule has 0 radical (unpaired) electrons. The fourth-order valence-corrected chi connectivity index (χ4v) is 2.97. The lowest BCUT2D eigenvalue weighted by atomic mass is 10.00. The first-order valence-corrected chi connectivity index (χ1v) is 7.60. The van der Waals surface area contributed by atoms with Crippen molar-refractivity contribution >= 4 is 21.6 Å². The van der Waals surface area contributed by atoms with Gasteiger partial charge in [-0.1, -0.05) is 13.8 Å². The molecule has 3 nitrogen and oxygen atoms in total. The highest BCUT2D eigenvalue weighted by atomic mass is 79.9. The predicted molar refractivity (Wildman–Crippen MR) is 79.7 cm³/mol. The molecule has 118 valence electrons. The van der Waals surface area contributed by atoms with Gasteiger partial charge in [0.2, 0.25) is 0 Å². The van der Waals surface area contributed by atoms with Crippen molar-refractivity contribution in [3.05, 3.63) is 22.7 Å². The molecule has 0 aromatic heterocycles. The number of nitrogens with zero attached hydrogens (tertiary/aromatic N) is 1. The normalized spacial score (nSPS) is 20.0. The summed E-state index contributed by atoms with van der Waals surface area (Å²) in [5, 5.41) is 3.35. The smallest absolute Gasteiger partial charge is 0.405 e. The van der Waals surface area contributed by atoms with Crippen molar-refractivity contribution in [2.24, 2.45) is 5.92 Å². The van der Waals surface area contributed by atoms with Gasteiger partial charge in [-0.3, -0.25) is 0 Å². The minimum atomic E-state index is -4.68. The van der Waals surface area contributed by atoms with Crippen molar-refractivity contribution in [1.82, 2.24) is 5.32 Å². The van der Waals surface area contributed by atoms with Gasteiger partial charge in [0.1, 0.15) is 5.75 Å². The second-order valence-electron chi connectivity index (χ2n) is 5.37. The molecular weight excluding hydrogens is 349 g/mol. The standard InChI is InChI=1S/C14H18BrF3N2O/c1-9(2)12-8-19-5-6-20(12)10-3-4-13(11(15)7-10)21-14(16,17)18/h3-4,7,9,12,19H,5-6,8H2,1-2H3. The SMILES string of the molecule is CC(C)C1CNCCN1c1ccc(OC(F)(F)F)c(Br)c1. The molecule has 0 bridgehead atoms. The number of ether oxygens (including phenoxy) is 1. The van der Waals surface area contributed by atoms with Crippen molar-refractivity contribution in [2.75, 3.05) is 24.5 Å². The molecule has 0 aliphatic carbocycles. The summed E-state index contributed by atoms with van der Waals surface area (Å²) in [7, 11) is 0. The van der Waals surface area contributed by atoms with E-state index < -0.39 is 6.36 Å². The lowest BCUT2D eigenvalue weighted by Gasteiger charge is -2.40. The summed E-state index contributed by atoms with van der Waals surface area (Å²) in [4.78, 5) is 2.23. The Kier molecular flexibility index (Phi) is 5.03. The number of hydrogen-bond acceptors (Lipinski definition) is 3. The van der Waals surface area contributed by atoms with Crippen molar-refractivity contribution in [2.45, 2.75) is 26.3 Å². The Bertz CT molecular complexity index is 494. The number of rotatable bonds is 3. The molecule has 1 saturated heterocycles. The van der Waals surface area contributed by atoms with Crippen LogP contribution in [0.1, 0.15) is 13.8 Å². The topological polar surface area (TPSA) is 24.5 Å². The van der Waals surface area contributed by atoms with Crippen LogP contribution in [-0.4, -0.2) is 32.0 Å². The average Bonchev–Trinajstić information content (AvgIpc) is 2.39. The van der Waals surface area contributed by atoms with Gasteiger partial charge >= 0.3 is 6.36 Å². The number of alkyl halides is 3. The molecule has 1 heterocycles. The average molecular weight is 367 g/mol. The zero-order valence-corrected chi connectivity index (χ0v) is 13.5. The van der Waals surface area contributed by atoms with E-state index in [-0.39, 0.29) is 5.75 Å². The van der Waals surface area contributed by atoms with Crippen LogP contribution in [0.15, 0.2) is 22.7 Å². The lowest BCUT2D eigenvalue weighted by Crippen LogP contribution is -2.53. The van der Waals surface area contributed by atoms with E-state index in [1.807, 2.05) is 0 Å². The van der Waals surface area contributed by atoms with E-state index in [1.54, 1.807) is 12.1 Å². The molecule has 2 rings (SSSR count). The Morgan fingerprint density at radius 2 is 2.10 bits per heavy atom. The molecule has 1 aromatic rings.